The number of pyridine rings is 1. The zero-order valence-electron chi connectivity index (χ0n) is 15.3. The number of hydrogen-bond donors (Lipinski definition) is 1. The van der Waals surface area contributed by atoms with Crippen LogP contribution in [0.2, 0.25) is 0 Å². The van der Waals surface area contributed by atoms with Gasteiger partial charge < -0.3 is 5.32 Å². The van der Waals surface area contributed by atoms with Gasteiger partial charge in [0.2, 0.25) is 10.0 Å². The molecule has 2 heterocycles. The maximum atomic E-state index is 12.8. The van der Waals surface area contributed by atoms with E-state index in [1.54, 1.807) is 41.0 Å². The summed E-state index contributed by atoms with van der Waals surface area (Å²) in [6.07, 6.45) is 7.84. The van der Waals surface area contributed by atoms with Crippen LogP contribution < -0.4 is 5.32 Å². The van der Waals surface area contributed by atoms with Crippen LogP contribution in [0, 0.1) is 0 Å². The number of sulfonamides is 1. The Morgan fingerprint density at radius 3 is 2.22 bits per heavy atom. The van der Waals surface area contributed by atoms with Crippen molar-refractivity contribution in [2.75, 3.05) is 19.6 Å². The normalized spacial score (nSPS) is 15.9. The van der Waals surface area contributed by atoms with Gasteiger partial charge in [0.25, 0.3) is 5.91 Å². The first kappa shape index (κ1) is 19.5. The molecule has 1 amide bonds. The largest absolute Gasteiger partial charge is 0.352 e. The minimum absolute atomic E-state index is 0.141. The van der Waals surface area contributed by atoms with Gasteiger partial charge in [-0.15, -0.1) is 0 Å². The Morgan fingerprint density at radius 1 is 0.963 bits per heavy atom. The lowest BCUT2D eigenvalue weighted by Gasteiger charge is -2.20. The number of amides is 1. The number of carbonyl (C=O) groups is 1. The molecule has 27 heavy (non-hydrogen) atoms. The summed E-state index contributed by atoms with van der Waals surface area (Å²) in [6, 6.07) is 10.3. The quantitative estimate of drug-likeness (QED) is 0.826. The standard InChI is InChI=1S/C20H25N3O3S/c24-20(18-10-12-21-13-11-18)22-14-9-17-5-7-19(8-6-17)27(25,26)23-15-3-1-2-4-16-23/h5-8,10-13H,1-4,9,14-16H2,(H,22,24). The molecule has 2 aromatic rings. The first-order valence-corrected chi connectivity index (χ1v) is 10.8. The third kappa shape index (κ3) is 5.14. The number of hydrogen-bond acceptors (Lipinski definition) is 4. The van der Waals surface area contributed by atoms with E-state index in [2.05, 4.69) is 10.3 Å². The Morgan fingerprint density at radius 2 is 1.59 bits per heavy atom. The molecule has 0 spiro atoms. The van der Waals surface area contributed by atoms with Gasteiger partial charge in [-0.05, 0) is 49.1 Å². The van der Waals surface area contributed by atoms with Crippen LogP contribution in [0.5, 0.6) is 0 Å². The molecule has 1 aliphatic heterocycles. The van der Waals surface area contributed by atoms with Crippen LogP contribution in [-0.2, 0) is 16.4 Å². The van der Waals surface area contributed by atoms with Crippen molar-refractivity contribution in [2.45, 2.75) is 37.0 Å². The fraction of sp³-hybridized carbons (Fsp3) is 0.400. The Hall–Kier alpha value is -2.25. The summed E-state index contributed by atoms with van der Waals surface area (Å²) in [6.45, 7) is 1.69. The fourth-order valence-electron chi connectivity index (χ4n) is 3.18. The number of nitrogens with one attached hydrogen (secondary N) is 1. The fourth-order valence-corrected chi connectivity index (χ4v) is 4.70. The molecule has 0 bridgehead atoms. The lowest BCUT2D eigenvalue weighted by Crippen LogP contribution is -2.31. The summed E-state index contributed by atoms with van der Waals surface area (Å²) in [5.74, 6) is -0.141. The number of rotatable bonds is 6. The van der Waals surface area contributed by atoms with Crippen molar-refractivity contribution in [2.24, 2.45) is 0 Å². The highest BCUT2D eigenvalue weighted by molar-refractivity contribution is 7.89. The summed E-state index contributed by atoms with van der Waals surface area (Å²) in [5, 5.41) is 2.86. The van der Waals surface area contributed by atoms with E-state index < -0.39 is 10.0 Å². The molecule has 6 nitrogen and oxygen atoms in total. The van der Waals surface area contributed by atoms with E-state index in [9.17, 15) is 13.2 Å². The maximum absolute atomic E-state index is 12.8. The molecule has 1 fully saturated rings. The van der Waals surface area contributed by atoms with Gasteiger partial charge in [-0.1, -0.05) is 25.0 Å². The van der Waals surface area contributed by atoms with Crippen molar-refractivity contribution in [3.8, 4) is 0 Å². The second-order valence-electron chi connectivity index (χ2n) is 6.70. The molecule has 144 valence electrons. The average molecular weight is 388 g/mol. The predicted octanol–water partition coefficient (Wildman–Crippen LogP) is 2.62. The summed E-state index contributed by atoms with van der Waals surface area (Å²) < 4.78 is 27.2. The molecule has 1 N–H and O–H groups in total. The van der Waals surface area contributed by atoms with Crippen LogP contribution in [0.15, 0.2) is 53.7 Å². The highest BCUT2D eigenvalue weighted by Crippen LogP contribution is 2.20. The highest BCUT2D eigenvalue weighted by atomic mass is 32.2. The lowest BCUT2D eigenvalue weighted by atomic mass is 10.1. The number of benzene rings is 1. The van der Waals surface area contributed by atoms with E-state index in [4.69, 9.17) is 0 Å². The number of aromatic nitrogens is 1. The van der Waals surface area contributed by atoms with Crippen LogP contribution in [0.3, 0.4) is 0 Å². The second-order valence-corrected chi connectivity index (χ2v) is 8.64. The van der Waals surface area contributed by atoms with E-state index in [0.717, 1.165) is 31.2 Å². The Kier molecular flexibility index (Phi) is 6.58. The highest BCUT2D eigenvalue weighted by Gasteiger charge is 2.24. The van der Waals surface area contributed by atoms with Crippen LogP contribution in [0.25, 0.3) is 0 Å². The zero-order chi connectivity index (χ0) is 19.1. The van der Waals surface area contributed by atoms with Gasteiger partial charge in [0.1, 0.15) is 0 Å². The van der Waals surface area contributed by atoms with E-state index in [-0.39, 0.29) is 5.91 Å². The van der Waals surface area contributed by atoms with Gasteiger partial charge >= 0.3 is 0 Å². The SMILES string of the molecule is O=C(NCCc1ccc(S(=O)(=O)N2CCCCCC2)cc1)c1ccncc1. The Labute approximate surface area is 160 Å². The Bertz CT molecular complexity index is 844. The first-order valence-electron chi connectivity index (χ1n) is 9.35. The molecule has 7 heteroatoms. The van der Waals surface area contributed by atoms with Crippen molar-refractivity contribution in [1.82, 2.24) is 14.6 Å². The summed E-state index contributed by atoms with van der Waals surface area (Å²) in [7, 11) is -3.41. The van der Waals surface area contributed by atoms with E-state index in [1.807, 2.05) is 12.1 Å². The number of nitrogens with zero attached hydrogens (tertiary/aromatic N) is 2. The predicted molar refractivity (Wildman–Crippen MR) is 104 cm³/mol. The molecular formula is C20H25N3O3S. The zero-order valence-corrected chi connectivity index (χ0v) is 16.1. The van der Waals surface area contributed by atoms with Crippen molar-refractivity contribution in [3.63, 3.8) is 0 Å². The number of carbonyl (C=O) groups excluding carboxylic acids is 1. The summed E-state index contributed by atoms with van der Waals surface area (Å²) in [4.78, 5) is 16.2. The van der Waals surface area contributed by atoms with E-state index in [0.29, 0.717) is 36.5 Å². The third-order valence-corrected chi connectivity index (χ3v) is 6.68. The lowest BCUT2D eigenvalue weighted by molar-refractivity contribution is 0.0954. The topological polar surface area (TPSA) is 79.4 Å². The molecule has 1 saturated heterocycles. The van der Waals surface area contributed by atoms with Crippen LogP contribution in [0.1, 0.15) is 41.6 Å². The van der Waals surface area contributed by atoms with Crippen molar-refractivity contribution in [1.29, 1.82) is 0 Å². The van der Waals surface area contributed by atoms with Crippen LogP contribution >= 0.6 is 0 Å². The minimum Gasteiger partial charge on any atom is -0.352 e. The van der Waals surface area contributed by atoms with Gasteiger partial charge in [0.15, 0.2) is 0 Å². The Balaban J connectivity index is 1.56. The van der Waals surface area contributed by atoms with Gasteiger partial charge in [0, 0.05) is 37.6 Å². The molecule has 0 atom stereocenters. The van der Waals surface area contributed by atoms with Crippen LogP contribution in [-0.4, -0.2) is 43.2 Å². The molecule has 1 aromatic heterocycles. The molecule has 1 aromatic carbocycles. The van der Waals surface area contributed by atoms with Crippen molar-refractivity contribution in [3.05, 3.63) is 59.9 Å². The van der Waals surface area contributed by atoms with E-state index >= 15 is 0 Å². The van der Waals surface area contributed by atoms with E-state index in [1.165, 1.54) is 0 Å². The molecule has 0 saturated carbocycles. The maximum Gasteiger partial charge on any atom is 0.251 e. The van der Waals surface area contributed by atoms with Crippen molar-refractivity contribution < 1.29 is 13.2 Å². The van der Waals surface area contributed by atoms with Gasteiger partial charge in [-0.25, -0.2) is 8.42 Å². The van der Waals surface area contributed by atoms with Gasteiger partial charge in [-0.2, -0.15) is 4.31 Å². The third-order valence-electron chi connectivity index (χ3n) is 4.77. The molecule has 1 aliphatic rings. The van der Waals surface area contributed by atoms with Crippen molar-refractivity contribution >= 4 is 15.9 Å². The molecule has 0 radical (unpaired) electrons. The average Bonchev–Trinajstić information content (AvgIpc) is 2.99. The molecule has 3 rings (SSSR count). The molecule has 0 aliphatic carbocycles. The molecular weight excluding hydrogens is 362 g/mol. The molecule has 0 unspecified atom stereocenters. The smallest absolute Gasteiger partial charge is 0.251 e. The van der Waals surface area contributed by atoms with Gasteiger partial charge in [0.05, 0.1) is 4.90 Å². The summed E-state index contributed by atoms with van der Waals surface area (Å²) in [5.41, 5.74) is 1.56. The van der Waals surface area contributed by atoms with Crippen LogP contribution in [0.4, 0.5) is 0 Å². The first-order chi connectivity index (χ1) is 13.1. The second kappa shape index (κ2) is 9.10. The monoisotopic (exact) mass is 387 g/mol. The van der Waals surface area contributed by atoms with Gasteiger partial charge in [-0.3, -0.25) is 9.78 Å². The minimum atomic E-state index is -3.41. The summed E-state index contributed by atoms with van der Waals surface area (Å²) >= 11 is 0.